The van der Waals surface area contributed by atoms with Crippen LogP contribution < -0.4 is 10.2 Å². The molecule has 21 heavy (non-hydrogen) atoms. The van der Waals surface area contributed by atoms with Crippen LogP contribution in [0.3, 0.4) is 0 Å². The van der Waals surface area contributed by atoms with E-state index < -0.39 is 0 Å². The van der Waals surface area contributed by atoms with E-state index in [1.54, 1.807) is 0 Å². The first-order chi connectivity index (χ1) is 10.3. The van der Waals surface area contributed by atoms with Gasteiger partial charge in [-0.25, -0.2) is 9.97 Å². The summed E-state index contributed by atoms with van der Waals surface area (Å²) in [5.74, 6) is 1.15. The lowest BCUT2D eigenvalue weighted by molar-refractivity contribution is 0.476. The van der Waals surface area contributed by atoms with Gasteiger partial charge in [-0.1, -0.05) is 18.3 Å². The zero-order valence-electron chi connectivity index (χ0n) is 12.4. The Morgan fingerprint density at radius 3 is 3.29 bits per heavy atom. The Hall–Kier alpha value is -1.40. The molecule has 0 bridgehead atoms. The molecule has 1 unspecified atom stereocenters. The van der Waals surface area contributed by atoms with Crippen LogP contribution in [0.25, 0.3) is 0 Å². The van der Waals surface area contributed by atoms with Gasteiger partial charge in [0.25, 0.3) is 0 Å². The molecule has 6 heteroatoms. The van der Waals surface area contributed by atoms with Gasteiger partial charge in [-0.2, -0.15) is 0 Å². The third-order valence-corrected chi connectivity index (χ3v) is 5.68. The summed E-state index contributed by atoms with van der Waals surface area (Å²) in [7, 11) is 0. The first kappa shape index (κ1) is 13.3. The number of thiazole rings is 1. The summed E-state index contributed by atoms with van der Waals surface area (Å²) in [6, 6.07) is 0.511. The third kappa shape index (κ3) is 2.36. The topological polar surface area (TPSA) is 46.0 Å². The Morgan fingerprint density at radius 2 is 2.38 bits per heavy atom. The molecule has 0 aromatic carbocycles. The number of aromatic nitrogens is 3. The monoisotopic (exact) mass is 303 g/mol. The van der Waals surface area contributed by atoms with Crippen molar-refractivity contribution in [2.24, 2.45) is 0 Å². The van der Waals surface area contributed by atoms with E-state index in [0.29, 0.717) is 6.04 Å². The number of nitrogens with one attached hydrogen (secondary N) is 1. The van der Waals surface area contributed by atoms with Gasteiger partial charge in [-0.3, -0.25) is 0 Å². The fraction of sp³-hybridized carbons (Fsp3) is 0.600. The molecule has 2 aromatic rings. The molecule has 3 heterocycles. The van der Waals surface area contributed by atoms with Gasteiger partial charge in [-0.05, 0) is 25.8 Å². The molecule has 2 aromatic heterocycles. The second-order valence-electron chi connectivity index (χ2n) is 5.77. The lowest BCUT2D eigenvalue weighted by Gasteiger charge is -2.27. The van der Waals surface area contributed by atoms with Gasteiger partial charge in [0.1, 0.15) is 5.82 Å². The van der Waals surface area contributed by atoms with Gasteiger partial charge < -0.3 is 14.8 Å². The molecule has 0 fully saturated rings. The lowest BCUT2D eigenvalue weighted by Crippen LogP contribution is -2.33. The molecule has 0 saturated heterocycles. The summed E-state index contributed by atoms with van der Waals surface area (Å²) < 4.78 is 2.24. The Morgan fingerprint density at radius 1 is 1.43 bits per heavy atom. The van der Waals surface area contributed by atoms with Crippen LogP contribution in [0.1, 0.15) is 42.2 Å². The predicted molar refractivity (Wildman–Crippen MR) is 84.7 cm³/mol. The van der Waals surface area contributed by atoms with Gasteiger partial charge in [0, 0.05) is 36.4 Å². The molecule has 112 valence electrons. The maximum Gasteiger partial charge on any atom is 0.186 e. The Bertz CT molecular complexity index is 632. The van der Waals surface area contributed by atoms with Crippen LogP contribution in [-0.2, 0) is 19.5 Å². The molecule has 5 nitrogen and oxygen atoms in total. The van der Waals surface area contributed by atoms with Crippen molar-refractivity contribution >= 4 is 16.5 Å². The molecule has 0 radical (unpaired) electrons. The second-order valence-corrected chi connectivity index (χ2v) is 6.78. The summed E-state index contributed by atoms with van der Waals surface area (Å²) in [4.78, 5) is 13.2. The van der Waals surface area contributed by atoms with Crippen molar-refractivity contribution < 1.29 is 0 Å². The van der Waals surface area contributed by atoms with Crippen LogP contribution >= 0.6 is 11.3 Å². The van der Waals surface area contributed by atoms with Crippen molar-refractivity contribution in [3.05, 3.63) is 28.8 Å². The minimum atomic E-state index is 0.511. The Labute approximate surface area is 129 Å². The van der Waals surface area contributed by atoms with Gasteiger partial charge in [-0.15, -0.1) is 0 Å². The molecule has 0 spiro atoms. The number of aryl methyl sites for hydroxylation is 1. The van der Waals surface area contributed by atoms with E-state index in [1.165, 1.54) is 28.5 Å². The molecular weight excluding hydrogens is 282 g/mol. The summed E-state index contributed by atoms with van der Waals surface area (Å²) in [5.41, 5.74) is 1.32. The van der Waals surface area contributed by atoms with Crippen LogP contribution in [0, 0.1) is 0 Å². The number of anilines is 1. The largest absolute Gasteiger partial charge is 0.339 e. The second kappa shape index (κ2) is 5.42. The molecule has 4 rings (SSSR count). The maximum atomic E-state index is 4.93. The van der Waals surface area contributed by atoms with Crippen LogP contribution in [0.2, 0.25) is 0 Å². The fourth-order valence-electron chi connectivity index (χ4n) is 3.32. The van der Waals surface area contributed by atoms with Gasteiger partial charge >= 0.3 is 0 Å². The Kier molecular flexibility index (Phi) is 3.43. The average Bonchev–Trinajstić information content (AvgIpc) is 3.13. The van der Waals surface area contributed by atoms with Crippen LogP contribution in [0.15, 0.2) is 12.4 Å². The first-order valence-corrected chi connectivity index (χ1v) is 8.64. The number of hydrogen-bond acceptors (Lipinski definition) is 5. The zero-order chi connectivity index (χ0) is 14.2. The number of rotatable bonds is 3. The maximum absolute atomic E-state index is 4.93. The van der Waals surface area contributed by atoms with E-state index in [9.17, 15) is 0 Å². The minimum Gasteiger partial charge on any atom is -0.339 e. The Balaban J connectivity index is 1.60. The van der Waals surface area contributed by atoms with E-state index in [1.807, 2.05) is 17.5 Å². The van der Waals surface area contributed by atoms with E-state index in [4.69, 9.17) is 4.98 Å². The molecule has 0 amide bonds. The summed E-state index contributed by atoms with van der Waals surface area (Å²) in [6.45, 7) is 6.13. The van der Waals surface area contributed by atoms with E-state index >= 15 is 0 Å². The molecule has 1 aliphatic carbocycles. The molecule has 0 saturated carbocycles. The van der Waals surface area contributed by atoms with Crippen molar-refractivity contribution in [3.8, 4) is 0 Å². The highest BCUT2D eigenvalue weighted by Gasteiger charge is 2.27. The summed E-state index contributed by atoms with van der Waals surface area (Å²) in [6.07, 6.45) is 7.59. The predicted octanol–water partition coefficient (Wildman–Crippen LogP) is 2.35. The lowest BCUT2D eigenvalue weighted by atomic mass is 9.98. The van der Waals surface area contributed by atoms with Crippen molar-refractivity contribution in [1.29, 1.82) is 0 Å². The van der Waals surface area contributed by atoms with Crippen molar-refractivity contribution in [2.75, 3.05) is 18.0 Å². The first-order valence-electron chi connectivity index (χ1n) is 7.83. The quantitative estimate of drug-likeness (QED) is 0.945. The normalized spacial score (nSPS) is 21.2. The highest BCUT2D eigenvalue weighted by molar-refractivity contribution is 7.15. The van der Waals surface area contributed by atoms with Gasteiger partial charge in [0.05, 0.1) is 12.2 Å². The van der Waals surface area contributed by atoms with Crippen molar-refractivity contribution in [1.82, 2.24) is 19.9 Å². The molecule has 2 aliphatic rings. The van der Waals surface area contributed by atoms with Crippen LogP contribution in [0.4, 0.5) is 5.13 Å². The van der Waals surface area contributed by atoms with E-state index in [-0.39, 0.29) is 0 Å². The number of fused-ring (bicyclic) bond motifs is 2. The summed E-state index contributed by atoms with van der Waals surface area (Å²) in [5, 5.41) is 4.78. The van der Waals surface area contributed by atoms with Crippen LogP contribution in [-0.4, -0.2) is 27.6 Å². The highest BCUT2D eigenvalue weighted by atomic mass is 32.1. The average molecular weight is 303 g/mol. The summed E-state index contributed by atoms with van der Waals surface area (Å²) >= 11 is 1.88. The van der Waals surface area contributed by atoms with Crippen LogP contribution in [0.5, 0.6) is 0 Å². The third-order valence-electron chi connectivity index (χ3n) is 4.40. The highest BCUT2D eigenvalue weighted by Crippen LogP contribution is 2.38. The molecule has 1 atom stereocenters. The van der Waals surface area contributed by atoms with E-state index in [2.05, 4.69) is 32.9 Å². The number of imidazole rings is 1. The zero-order valence-corrected chi connectivity index (χ0v) is 13.2. The van der Waals surface area contributed by atoms with Gasteiger partial charge in [0.15, 0.2) is 5.13 Å². The fourth-order valence-corrected chi connectivity index (χ4v) is 4.57. The molecule has 1 aliphatic heterocycles. The van der Waals surface area contributed by atoms with Crippen molar-refractivity contribution in [3.63, 3.8) is 0 Å². The van der Waals surface area contributed by atoms with E-state index in [0.717, 1.165) is 38.4 Å². The smallest absolute Gasteiger partial charge is 0.186 e. The van der Waals surface area contributed by atoms with Crippen molar-refractivity contribution in [2.45, 2.75) is 45.3 Å². The standard InChI is InChI=1S/C15H21N5S/c1-2-16-11-4-3-5-12-14(11)21-15(18-12)20-9-8-19-7-6-17-13(19)10-20/h6-7,11,16H,2-5,8-10H2,1H3. The van der Waals surface area contributed by atoms with Gasteiger partial charge in [0.2, 0.25) is 0 Å². The SMILES string of the molecule is CCNC1CCCc2nc(N3CCn4ccnc4C3)sc21. The number of nitrogens with zero attached hydrogens (tertiary/aromatic N) is 4. The molecule has 1 N–H and O–H groups in total. The molecular formula is C15H21N5S. The minimum absolute atomic E-state index is 0.511. The number of hydrogen-bond donors (Lipinski definition) is 1.